The molecule has 0 saturated heterocycles. The summed E-state index contributed by atoms with van der Waals surface area (Å²) in [7, 11) is 2.89. The van der Waals surface area contributed by atoms with Gasteiger partial charge in [-0.1, -0.05) is 0 Å². The molecule has 0 aromatic heterocycles. The molecule has 0 bridgehead atoms. The van der Waals surface area contributed by atoms with Gasteiger partial charge in [0.1, 0.15) is 0 Å². The van der Waals surface area contributed by atoms with Crippen molar-refractivity contribution in [2.45, 2.75) is 18.2 Å². The SMILES string of the molecule is CNC(C)NC([SiH3])Cl. The Hall–Kier alpha value is 0.427. The predicted octanol–water partition coefficient (Wildman–Crippen LogP) is -0.971. The first-order valence-electron chi connectivity index (χ1n) is 2.74. The van der Waals surface area contributed by atoms with E-state index in [2.05, 4.69) is 10.6 Å². The molecule has 0 aliphatic carbocycles. The maximum Gasteiger partial charge on any atom is 0.0632 e. The van der Waals surface area contributed by atoms with Crippen LogP contribution in [0.25, 0.3) is 0 Å². The molecule has 0 amide bonds. The molecule has 0 aromatic rings. The highest BCUT2D eigenvalue weighted by molar-refractivity contribution is 6.40. The van der Waals surface area contributed by atoms with Gasteiger partial charge >= 0.3 is 0 Å². The third-order valence-electron chi connectivity index (χ3n) is 0.913. The summed E-state index contributed by atoms with van der Waals surface area (Å²) in [6.45, 7) is 2.04. The Morgan fingerprint density at radius 3 is 2.25 bits per heavy atom. The first-order chi connectivity index (χ1) is 3.66. The lowest BCUT2D eigenvalue weighted by molar-refractivity contribution is 0.513. The molecular formula is C4H13ClN2Si. The van der Waals surface area contributed by atoms with Crippen molar-refractivity contribution < 1.29 is 0 Å². The largest absolute Gasteiger partial charge is 0.305 e. The summed E-state index contributed by atoms with van der Waals surface area (Å²) in [5, 5.41) is 6.31. The molecule has 0 aliphatic heterocycles. The highest BCUT2D eigenvalue weighted by atomic mass is 35.5. The second-order valence-corrected chi connectivity index (χ2v) is 4.33. The molecule has 0 aliphatic rings. The standard InChI is InChI=1S/C4H13ClN2Si/c1-3(6-2)7-4(5)8/h3-4,6-7H,1-2,8H3. The minimum atomic E-state index is 0.178. The van der Waals surface area contributed by atoms with Crippen molar-refractivity contribution >= 4 is 21.8 Å². The van der Waals surface area contributed by atoms with E-state index in [-0.39, 0.29) is 5.12 Å². The van der Waals surface area contributed by atoms with Crippen molar-refractivity contribution in [2.24, 2.45) is 0 Å². The van der Waals surface area contributed by atoms with Crippen LogP contribution in [0.5, 0.6) is 0 Å². The lowest BCUT2D eigenvalue weighted by Crippen LogP contribution is -2.41. The fourth-order valence-electron chi connectivity index (χ4n) is 0.428. The van der Waals surface area contributed by atoms with Crippen LogP contribution in [0.15, 0.2) is 0 Å². The maximum absolute atomic E-state index is 5.66. The highest BCUT2D eigenvalue weighted by Gasteiger charge is 1.98. The van der Waals surface area contributed by atoms with Crippen LogP contribution in [-0.4, -0.2) is 28.6 Å². The van der Waals surface area contributed by atoms with Crippen molar-refractivity contribution in [3.05, 3.63) is 0 Å². The molecule has 0 fully saturated rings. The van der Waals surface area contributed by atoms with Gasteiger partial charge in [-0.25, -0.2) is 0 Å². The lowest BCUT2D eigenvalue weighted by Gasteiger charge is -2.13. The summed E-state index contributed by atoms with van der Waals surface area (Å²) in [6.07, 6.45) is 0.329. The predicted molar refractivity (Wildman–Crippen MR) is 41.2 cm³/mol. The van der Waals surface area contributed by atoms with Gasteiger partial charge in [-0.15, -0.1) is 11.6 Å². The van der Waals surface area contributed by atoms with Crippen molar-refractivity contribution in [1.82, 2.24) is 10.6 Å². The molecule has 0 aromatic carbocycles. The molecule has 8 heavy (non-hydrogen) atoms. The van der Waals surface area contributed by atoms with Crippen molar-refractivity contribution in [3.63, 3.8) is 0 Å². The molecule has 0 spiro atoms. The van der Waals surface area contributed by atoms with Crippen LogP contribution in [-0.2, 0) is 0 Å². The summed E-state index contributed by atoms with van der Waals surface area (Å²) < 4.78 is 0. The Labute approximate surface area is 58.4 Å². The minimum Gasteiger partial charge on any atom is -0.305 e. The van der Waals surface area contributed by atoms with Gasteiger partial charge in [0.05, 0.1) is 11.3 Å². The minimum absolute atomic E-state index is 0.178. The zero-order valence-electron chi connectivity index (χ0n) is 5.53. The highest BCUT2D eigenvalue weighted by Crippen LogP contribution is 1.82. The summed E-state index contributed by atoms with van der Waals surface area (Å²) >= 11 is 5.66. The number of hydrogen-bond acceptors (Lipinski definition) is 2. The van der Waals surface area contributed by atoms with E-state index in [9.17, 15) is 0 Å². The van der Waals surface area contributed by atoms with E-state index in [1.54, 1.807) is 0 Å². The summed E-state index contributed by atoms with van der Waals surface area (Å²) in [6, 6.07) is 0. The van der Waals surface area contributed by atoms with Gasteiger partial charge in [0.2, 0.25) is 0 Å². The first kappa shape index (κ1) is 8.43. The molecule has 0 heterocycles. The van der Waals surface area contributed by atoms with Gasteiger partial charge in [0.25, 0.3) is 0 Å². The van der Waals surface area contributed by atoms with Crippen LogP contribution in [0.3, 0.4) is 0 Å². The quantitative estimate of drug-likeness (QED) is 0.236. The van der Waals surface area contributed by atoms with Gasteiger partial charge in [0, 0.05) is 10.2 Å². The monoisotopic (exact) mass is 152 g/mol. The number of halogens is 1. The smallest absolute Gasteiger partial charge is 0.0632 e. The Bertz CT molecular complexity index is 60.0. The summed E-state index contributed by atoms with van der Waals surface area (Å²) in [5.74, 6) is 0. The number of nitrogens with one attached hydrogen (secondary N) is 2. The zero-order valence-corrected chi connectivity index (χ0v) is 8.29. The van der Waals surface area contributed by atoms with Crippen molar-refractivity contribution in [3.8, 4) is 0 Å². The summed E-state index contributed by atoms with van der Waals surface area (Å²) in [4.78, 5) is 0. The molecule has 0 saturated carbocycles. The average molecular weight is 153 g/mol. The average Bonchev–Trinajstić information content (AvgIpc) is 1.65. The fourth-order valence-corrected chi connectivity index (χ4v) is 1.12. The molecule has 50 valence electrons. The van der Waals surface area contributed by atoms with Crippen molar-refractivity contribution in [1.29, 1.82) is 0 Å². The van der Waals surface area contributed by atoms with Crippen LogP contribution in [0.1, 0.15) is 6.92 Å². The summed E-state index contributed by atoms with van der Waals surface area (Å²) in [5.41, 5.74) is 0. The van der Waals surface area contributed by atoms with Crippen LogP contribution in [0.4, 0.5) is 0 Å². The molecule has 0 radical (unpaired) electrons. The van der Waals surface area contributed by atoms with E-state index < -0.39 is 0 Å². The second kappa shape index (κ2) is 4.32. The van der Waals surface area contributed by atoms with E-state index in [1.165, 1.54) is 0 Å². The normalized spacial score (nSPS) is 18.4. The third kappa shape index (κ3) is 4.58. The Kier molecular flexibility index (Phi) is 4.55. The molecular weight excluding hydrogens is 140 g/mol. The van der Waals surface area contributed by atoms with Gasteiger partial charge in [-0.3, -0.25) is 5.32 Å². The number of alkyl halides is 1. The second-order valence-electron chi connectivity index (χ2n) is 1.79. The number of hydrogen-bond donors (Lipinski definition) is 2. The fraction of sp³-hybridized carbons (Fsp3) is 1.00. The maximum atomic E-state index is 5.66. The molecule has 4 heteroatoms. The molecule has 2 nitrogen and oxygen atoms in total. The van der Waals surface area contributed by atoms with Gasteiger partial charge in [-0.05, 0) is 14.0 Å². The van der Waals surface area contributed by atoms with Gasteiger partial charge < -0.3 is 5.32 Å². The molecule has 0 rings (SSSR count). The first-order valence-corrected chi connectivity index (χ1v) is 4.33. The molecule has 2 atom stereocenters. The van der Waals surface area contributed by atoms with E-state index in [0.29, 0.717) is 6.17 Å². The lowest BCUT2D eigenvalue weighted by atomic mass is 10.6. The Morgan fingerprint density at radius 1 is 1.62 bits per heavy atom. The van der Waals surface area contributed by atoms with E-state index >= 15 is 0 Å². The van der Waals surface area contributed by atoms with Crippen LogP contribution in [0.2, 0.25) is 0 Å². The molecule has 2 N–H and O–H groups in total. The number of rotatable bonds is 3. The van der Waals surface area contributed by atoms with Crippen molar-refractivity contribution in [2.75, 3.05) is 7.05 Å². The van der Waals surface area contributed by atoms with E-state index in [4.69, 9.17) is 11.6 Å². The van der Waals surface area contributed by atoms with Gasteiger partial charge in [0.15, 0.2) is 0 Å². The third-order valence-corrected chi connectivity index (χ3v) is 1.37. The zero-order chi connectivity index (χ0) is 6.57. The Morgan fingerprint density at radius 2 is 2.12 bits per heavy atom. The van der Waals surface area contributed by atoms with E-state index in [0.717, 1.165) is 10.2 Å². The van der Waals surface area contributed by atoms with Crippen LogP contribution in [0, 0.1) is 0 Å². The molecule has 2 unspecified atom stereocenters. The van der Waals surface area contributed by atoms with E-state index in [1.807, 2.05) is 14.0 Å². The Balaban J connectivity index is 3.10. The topological polar surface area (TPSA) is 24.1 Å². The van der Waals surface area contributed by atoms with Crippen LogP contribution < -0.4 is 10.6 Å². The van der Waals surface area contributed by atoms with Gasteiger partial charge in [-0.2, -0.15) is 0 Å². The van der Waals surface area contributed by atoms with Crippen LogP contribution >= 0.6 is 11.6 Å².